The van der Waals surface area contributed by atoms with E-state index in [4.69, 9.17) is 0 Å². The molecule has 5 nitrogen and oxygen atoms in total. The molecule has 0 aliphatic heterocycles. The first-order valence-electron chi connectivity index (χ1n) is 6.55. The maximum Gasteiger partial charge on any atom is 0.213 e. The van der Waals surface area contributed by atoms with Crippen LogP contribution in [-0.2, 0) is 7.05 Å². The molecule has 108 valence electrons. The van der Waals surface area contributed by atoms with Gasteiger partial charge in [-0.25, -0.2) is 4.68 Å². The van der Waals surface area contributed by atoms with Gasteiger partial charge in [0.1, 0.15) is 0 Å². The van der Waals surface area contributed by atoms with E-state index in [-0.39, 0.29) is 0 Å². The molecule has 1 atom stereocenters. The Hall–Kier alpha value is -0.920. The number of rotatable bonds is 6. The Labute approximate surface area is 131 Å². The Kier molecular flexibility index (Phi) is 5.56. The SMILES string of the molecule is CCCNC(C)c1ccc(Sc2nnnn2C)c(Br)c1. The lowest BCUT2D eigenvalue weighted by Crippen LogP contribution is -2.19. The summed E-state index contributed by atoms with van der Waals surface area (Å²) in [5, 5.41) is 15.7. The molecule has 0 aliphatic rings. The van der Waals surface area contributed by atoms with Crippen molar-refractivity contribution in [3.05, 3.63) is 28.2 Å². The van der Waals surface area contributed by atoms with Crippen molar-refractivity contribution < 1.29 is 0 Å². The summed E-state index contributed by atoms with van der Waals surface area (Å²) < 4.78 is 2.73. The number of halogens is 1. The van der Waals surface area contributed by atoms with Gasteiger partial charge in [0.25, 0.3) is 0 Å². The molecular weight excluding hydrogens is 338 g/mol. The van der Waals surface area contributed by atoms with E-state index in [2.05, 4.69) is 68.8 Å². The van der Waals surface area contributed by atoms with Gasteiger partial charge >= 0.3 is 0 Å². The zero-order valence-electron chi connectivity index (χ0n) is 11.8. The first-order valence-corrected chi connectivity index (χ1v) is 8.15. The summed E-state index contributed by atoms with van der Waals surface area (Å²) in [5.74, 6) is 0. The van der Waals surface area contributed by atoms with Crippen molar-refractivity contribution in [2.75, 3.05) is 6.54 Å². The van der Waals surface area contributed by atoms with Gasteiger partial charge in [-0.1, -0.05) is 13.0 Å². The lowest BCUT2D eigenvalue weighted by molar-refractivity contribution is 0.570. The van der Waals surface area contributed by atoms with Gasteiger partial charge in [0.2, 0.25) is 5.16 Å². The average Bonchev–Trinajstić information content (AvgIpc) is 2.84. The van der Waals surface area contributed by atoms with Crippen LogP contribution in [-0.4, -0.2) is 26.8 Å². The molecule has 2 rings (SSSR count). The van der Waals surface area contributed by atoms with Crippen molar-refractivity contribution in [1.82, 2.24) is 25.5 Å². The van der Waals surface area contributed by atoms with Crippen LogP contribution >= 0.6 is 27.7 Å². The van der Waals surface area contributed by atoms with E-state index in [0.717, 1.165) is 27.5 Å². The quantitative estimate of drug-likeness (QED) is 0.862. The van der Waals surface area contributed by atoms with Gasteiger partial charge in [-0.15, -0.1) is 5.10 Å². The van der Waals surface area contributed by atoms with Crippen LogP contribution in [0.15, 0.2) is 32.7 Å². The van der Waals surface area contributed by atoms with E-state index in [1.165, 1.54) is 5.56 Å². The van der Waals surface area contributed by atoms with E-state index in [0.29, 0.717) is 6.04 Å². The topological polar surface area (TPSA) is 55.6 Å². The molecule has 1 aromatic heterocycles. The second kappa shape index (κ2) is 7.19. The molecule has 0 saturated heterocycles. The molecular formula is C13H18BrN5S. The molecule has 0 saturated carbocycles. The van der Waals surface area contributed by atoms with Gasteiger partial charge in [0.15, 0.2) is 0 Å². The van der Waals surface area contributed by atoms with Crippen molar-refractivity contribution in [2.24, 2.45) is 7.05 Å². The molecule has 0 radical (unpaired) electrons. The first kappa shape index (κ1) is 15.5. The third-order valence-electron chi connectivity index (χ3n) is 2.94. The monoisotopic (exact) mass is 355 g/mol. The fraction of sp³-hybridized carbons (Fsp3) is 0.462. The van der Waals surface area contributed by atoms with Crippen LogP contribution in [0.5, 0.6) is 0 Å². The maximum absolute atomic E-state index is 3.98. The minimum atomic E-state index is 0.349. The number of benzene rings is 1. The van der Waals surface area contributed by atoms with Gasteiger partial charge in [-0.05, 0) is 75.7 Å². The summed E-state index contributed by atoms with van der Waals surface area (Å²) in [6.45, 7) is 5.38. The normalized spacial score (nSPS) is 12.6. The molecule has 2 aromatic rings. The molecule has 1 unspecified atom stereocenters. The fourth-order valence-corrected chi connectivity index (χ4v) is 3.13. The number of nitrogens with zero attached hydrogens (tertiary/aromatic N) is 4. The summed E-state index contributed by atoms with van der Waals surface area (Å²) in [4.78, 5) is 1.11. The number of hydrogen-bond donors (Lipinski definition) is 1. The van der Waals surface area contributed by atoms with Crippen LogP contribution in [0.1, 0.15) is 31.9 Å². The van der Waals surface area contributed by atoms with E-state index in [1.54, 1.807) is 16.4 Å². The molecule has 1 heterocycles. The molecule has 0 aliphatic carbocycles. The minimum Gasteiger partial charge on any atom is -0.310 e. The first-order chi connectivity index (χ1) is 9.61. The van der Waals surface area contributed by atoms with Crippen LogP contribution in [0, 0.1) is 0 Å². The molecule has 20 heavy (non-hydrogen) atoms. The third-order valence-corrected chi connectivity index (χ3v) is 4.96. The third kappa shape index (κ3) is 3.80. The molecule has 0 spiro atoms. The number of aromatic nitrogens is 4. The molecule has 1 aromatic carbocycles. The smallest absolute Gasteiger partial charge is 0.213 e. The van der Waals surface area contributed by atoms with Gasteiger partial charge in [-0.3, -0.25) is 0 Å². The van der Waals surface area contributed by atoms with Crippen molar-refractivity contribution >= 4 is 27.7 Å². The number of nitrogens with one attached hydrogen (secondary N) is 1. The standard InChI is InChI=1S/C13H18BrN5S/c1-4-7-15-9(2)10-5-6-12(11(14)8-10)20-13-16-17-18-19(13)3/h5-6,8-9,15H,4,7H2,1-3H3. The predicted octanol–water partition coefficient (Wildman–Crippen LogP) is 3.18. The Balaban J connectivity index is 2.11. The van der Waals surface area contributed by atoms with Gasteiger partial charge in [0, 0.05) is 22.5 Å². The highest BCUT2D eigenvalue weighted by Gasteiger charge is 2.11. The zero-order valence-corrected chi connectivity index (χ0v) is 14.2. The molecule has 1 N–H and O–H groups in total. The van der Waals surface area contributed by atoms with E-state index in [1.807, 2.05) is 7.05 Å². The summed E-state index contributed by atoms with van der Waals surface area (Å²) in [5.41, 5.74) is 1.27. The van der Waals surface area contributed by atoms with Crippen LogP contribution in [0.3, 0.4) is 0 Å². The predicted molar refractivity (Wildman–Crippen MR) is 83.8 cm³/mol. The summed E-state index contributed by atoms with van der Waals surface area (Å²) >= 11 is 5.17. The second-order valence-electron chi connectivity index (χ2n) is 4.55. The number of tetrazole rings is 1. The van der Waals surface area contributed by atoms with E-state index in [9.17, 15) is 0 Å². The average molecular weight is 356 g/mol. The summed E-state index contributed by atoms with van der Waals surface area (Å²) in [6.07, 6.45) is 1.14. The fourth-order valence-electron chi connectivity index (χ4n) is 1.75. The summed E-state index contributed by atoms with van der Waals surface area (Å²) in [7, 11) is 1.83. The Bertz CT molecular complexity index is 572. The van der Waals surface area contributed by atoms with Crippen molar-refractivity contribution in [3.63, 3.8) is 0 Å². The largest absolute Gasteiger partial charge is 0.310 e. The van der Waals surface area contributed by atoms with E-state index < -0.39 is 0 Å². The maximum atomic E-state index is 3.98. The van der Waals surface area contributed by atoms with Crippen molar-refractivity contribution in [2.45, 2.75) is 36.4 Å². The van der Waals surface area contributed by atoms with Gasteiger partial charge < -0.3 is 5.32 Å². The molecule has 0 fully saturated rings. The van der Waals surface area contributed by atoms with Crippen LogP contribution < -0.4 is 5.32 Å². The molecule has 0 amide bonds. The molecule has 7 heteroatoms. The van der Waals surface area contributed by atoms with Gasteiger partial charge in [-0.2, -0.15) is 0 Å². The second-order valence-corrected chi connectivity index (χ2v) is 6.42. The lowest BCUT2D eigenvalue weighted by Gasteiger charge is -2.15. The Morgan fingerprint density at radius 2 is 2.25 bits per heavy atom. The van der Waals surface area contributed by atoms with Crippen LogP contribution in [0.25, 0.3) is 0 Å². The number of hydrogen-bond acceptors (Lipinski definition) is 5. The Morgan fingerprint density at radius 3 is 2.85 bits per heavy atom. The zero-order chi connectivity index (χ0) is 14.5. The summed E-state index contributed by atoms with van der Waals surface area (Å²) in [6, 6.07) is 6.74. The van der Waals surface area contributed by atoms with E-state index >= 15 is 0 Å². The highest BCUT2D eigenvalue weighted by molar-refractivity contribution is 9.10. The van der Waals surface area contributed by atoms with Crippen molar-refractivity contribution in [1.29, 1.82) is 0 Å². The Morgan fingerprint density at radius 1 is 1.45 bits per heavy atom. The number of aryl methyl sites for hydroxylation is 1. The van der Waals surface area contributed by atoms with Crippen molar-refractivity contribution in [3.8, 4) is 0 Å². The van der Waals surface area contributed by atoms with Gasteiger partial charge in [0.05, 0.1) is 0 Å². The highest BCUT2D eigenvalue weighted by Crippen LogP contribution is 2.33. The lowest BCUT2D eigenvalue weighted by atomic mass is 10.1. The van der Waals surface area contributed by atoms with Crippen LogP contribution in [0.2, 0.25) is 0 Å². The van der Waals surface area contributed by atoms with Crippen LogP contribution in [0.4, 0.5) is 0 Å². The highest BCUT2D eigenvalue weighted by atomic mass is 79.9. The molecule has 0 bridgehead atoms. The minimum absolute atomic E-state index is 0.349.